The summed E-state index contributed by atoms with van der Waals surface area (Å²) in [6.07, 6.45) is -7.38. The van der Waals surface area contributed by atoms with E-state index in [0.717, 1.165) is 23.1 Å². The van der Waals surface area contributed by atoms with E-state index >= 15 is 0 Å². The summed E-state index contributed by atoms with van der Waals surface area (Å²) in [7, 11) is 0. The van der Waals surface area contributed by atoms with Crippen molar-refractivity contribution in [2.45, 2.75) is 31.6 Å². The fourth-order valence-corrected chi connectivity index (χ4v) is 3.57. The summed E-state index contributed by atoms with van der Waals surface area (Å²) in [5.74, 6) is 0. The van der Waals surface area contributed by atoms with Gasteiger partial charge in [0.15, 0.2) is 0 Å². The molecule has 0 fully saturated rings. The molecule has 0 N–H and O–H groups in total. The number of rotatable bonds is 4. The molecule has 1 aromatic carbocycles. The van der Waals surface area contributed by atoms with Crippen molar-refractivity contribution in [2.24, 2.45) is 0 Å². The maximum absolute atomic E-state index is 13.9. The lowest BCUT2D eigenvalue weighted by Crippen LogP contribution is -2.25. The Labute approximate surface area is 190 Å². The third-order valence-corrected chi connectivity index (χ3v) is 5.37. The third kappa shape index (κ3) is 4.52. The Balaban J connectivity index is 1.81. The van der Waals surface area contributed by atoms with Gasteiger partial charge >= 0.3 is 12.4 Å². The van der Waals surface area contributed by atoms with Crippen molar-refractivity contribution in [3.63, 3.8) is 0 Å². The molecule has 0 atom stereocenters. The van der Waals surface area contributed by atoms with Crippen molar-refractivity contribution in [3.8, 4) is 16.9 Å². The molecule has 4 aromatic rings. The first kappa shape index (κ1) is 23.5. The van der Waals surface area contributed by atoms with E-state index in [2.05, 4.69) is 15.1 Å². The lowest BCUT2D eigenvalue weighted by molar-refractivity contribution is -0.141. The first-order valence-electron chi connectivity index (χ1n) is 10.1. The van der Waals surface area contributed by atoms with Gasteiger partial charge in [-0.25, -0.2) is 4.68 Å². The minimum atomic E-state index is -4.68. The van der Waals surface area contributed by atoms with Gasteiger partial charge in [0.2, 0.25) is 0 Å². The van der Waals surface area contributed by atoms with Gasteiger partial charge in [0.05, 0.1) is 33.7 Å². The number of para-hydroxylation sites is 1. The number of benzene rings is 1. The summed E-state index contributed by atoms with van der Waals surface area (Å²) in [5, 5.41) is 4.24. The molecule has 0 amide bonds. The number of hydrogen-bond donors (Lipinski definition) is 0. The molecule has 0 spiro atoms. The highest BCUT2D eigenvalue weighted by Crippen LogP contribution is 2.40. The molecule has 0 saturated heterocycles. The lowest BCUT2D eigenvalue weighted by atomic mass is 9.83. The van der Waals surface area contributed by atoms with Crippen LogP contribution in [0.5, 0.6) is 0 Å². The number of nitrogens with zero attached hydrogens (tertiary/aromatic N) is 4. The molecule has 0 bridgehead atoms. The van der Waals surface area contributed by atoms with Gasteiger partial charge in [-0.3, -0.25) is 9.97 Å². The van der Waals surface area contributed by atoms with Gasteiger partial charge in [-0.2, -0.15) is 31.4 Å². The maximum atomic E-state index is 13.9. The number of alkyl halides is 6. The molecule has 4 nitrogen and oxygen atoms in total. The topological polar surface area (TPSA) is 43.6 Å². The Hall–Kier alpha value is -3.69. The smallest absolute Gasteiger partial charge is 0.252 e. The van der Waals surface area contributed by atoms with Crippen molar-refractivity contribution < 1.29 is 26.3 Å². The highest BCUT2D eigenvalue weighted by Gasteiger charge is 2.42. The summed E-state index contributed by atoms with van der Waals surface area (Å²) >= 11 is 0. The average Bonchev–Trinajstić information content (AvgIpc) is 3.27. The highest BCUT2D eigenvalue weighted by molar-refractivity contribution is 5.60. The SMILES string of the molecule is CC(C)(c1cccc(-c2ccnc(C(F)(F)F)c2)n1)c1nn(-c2ccccc2)cc1C(F)(F)F. The monoisotopic (exact) mass is 476 g/mol. The van der Waals surface area contributed by atoms with Crippen LogP contribution >= 0.6 is 0 Å². The fourth-order valence-electron chi connectivity index (χ4n) is 3.57. The molecule has 3 aromatic heterocycles. The Morgan fingerprint density at radius 2 is 1.47 bits per heavy atom. The van der Waals surface area contributed by atoms with Crippen LogP contribution in [0.15, 0.2) is 73.1 Å². The third-order valence-electron chi connectivity index (χ3n) is 5.37. The molecule has 10 heteroatoms. The Morgan fingerprint density at radius 1 is 0.765 bits per heavy atom. The second-order valence-corrected chi connectivity index (χ2v) is 8.13. The van der Waals surface area contributed by atoms with Crippen molar-refractivity contribution in [3.05, 3.63) is 95.7 Å². The van der Waals surface area contributed by atoms with Crippen LogP contribution in [0.2, 0.25) is 0 Å². The molecule has 176 valence electrons. The number of hydrogen-bond acceptors (Lipinski definition) is 3. The summed E-state index contributed by atoms with van der Waals surface area (Å²) < 4.78 is 82.2. The molecule has 0 aliphatic heterocycles. The summed E-state index contributed by atoms with van der Waals surface area (Å²) in [4.78, 5) is 7.74. The van der Waals surface area contributed by atoms with E-state index in [1.807, 2.05) is 0 Å². The first-order chi connectivity index (χ1) is 15.9. The van der Waals surface area contributed by atoms with E-state index in [0.29, 0.717) is 5.69 Å². The minimum Gasteiger partial charge on any atom is -0.252 e. The molecule has 0 unspecified atom stereocenters. The number of halogens is 6. The average molecular weight is 476 g/mol. The quantitative estimate of drug-likeness (QED) is 0.308. The Bertz CT molecular complexity index is 1310. The zero-order valence-electron chi connectivity index (χ0n) is 18.0. The van der Waals surface area contributed by atoms with Crippen LogP contribution in [-0.4, -0.2) is 19.7 Å². The second kappa shape index (κ2) is 8.27. The molecule has 0 aliphatic carbocycles. The van der Waals surface area contributed by atoms with Gasteiger partial charge in [0.1, 0.15) is 5.69 Å². The van der Waals surface area contributed by atoms with Crippen molar-refractivity contribution >= 4 is 0 Å². The van der Waals surface area contributed by atoms with Gasteiger partial charge in [0, 0.05) is 18.0 Å². The zero-order valence-corrected chi connectivity index (χ0v) is 18.0. The molecule has 0 saturated carbocycles. The van der Waals surface area contributed by atoms with Crippen LogP contribution in [0, 0.1) is 0 Å². The fraction of sp³-hybridized carbons (Fsp3) is 0.208. The largest absolute Gasteiger partial charge is 0.433 e. The standard InChI is InChI=1S/C24H18F6N4/c1-22(2,21-17(23(25,26)27)14-34(33-21)16-7-4-3-5-8-16)19-10-6-9-18(32-19)15-11-12-31-20(13-15)24(28,29)30/h3-14H,1-2H3. The van der Waals surface area contributed by atoms with Crippen LogP contribution in [0.1, 0.15) is 36.5 Å². The normalized spacial score (nSPS) is 12.7. The first-order valence-corrected chi connectivity index (χ1v) is 10.1. The van der Waals surface area contributed by atoms with Crippen molar-refractivity contribution in [1.82, 2.24) is 19.7 Å². The van der Waals surface area contributed by atoms with Gasteiger partial charge < -0.3 is 0 Å². The summed E-state index contributed by atoms with van der Waals surface area (Å²) in [5.41, 5.74) is -2.58. The van der Waals surface area contributed by atoms with Crippen LogP contribution in [0.25, 0.3) is 16.9 Å². The van der Waals surface area contributed by atoms with Gasteiger partial charge in [-0.05, 0) is 50.2 Å². The zero-order chi connectivity index (χ0) is 24.7. The van der Waals surface area contributed by atoms with E-state index in [1.54, 1.807) is 44.2 Å². The summed E-state index contributed by atoms with van der Waals surface area (Å²) in [6.45, 7) is 3.08. The lowest BCUT2D eigenvalue weighted by Gasteiger charge is -2.24. The second-order valence-electron chi connectivity index (χ2n) is 8.13. The minimum absolute atomic E-state index is 0.144. The molecule has 0 aliphatic rings. The van der Waals surface area contributed by atoms with E-state index < -0.39 is 29.0 Å². The van der Waals surface area contributed by atoms with Crippen LogP contribution in [0.3, 0.4) is 0 Å². The molecule has 4 rings (SSSR count). The number of pyridine rings is 2. The van der Waals surface area contributed by atoms with Crippen molar-refractivity contribution in [1.29, 1.82) is 0 Å². The van der Waals surface area contributed by atoms with Gasteiger partial charge in [-0.1, -0.05) is 24.3 Å². The van der Waals surface area contributed by atoms with Crippen LogP contribution in [0.4, 0.5) is 26.3 Å². The molecule has 3 heterocycles. The number of aromatic nitrogens is 4. The van der Waals surface area contributed by atoms with E-state index in [4.69, 9.17) is 0 Å². The van der Waals surface area contributed by atoms with Crippen LogP contribution < -0.4 is 0 Å². The van der Waals surface area contributed by atoms with E-state index in [9.17, 15) is 26.3 Å². The van der Waals surface area contributed by atoms with E-state index in [1.165, 1.54) is 24.3 Å². The molecule has 0 radical (unpaired) electrons. The molecule has 34 heavy (non-hydrogen) atoms. The maximum Gasteiger partial charge on any atom is 0.433 e. The Morgan fingerprint density at radius 3 is 2.12 bits per heavy atom. The Kier molecular flexibility index (Phi) is 5.71. The van der Waals surface area contributed by atoms with Crippen LogP contribution in [-0.2, 0) is 17.8 Å². The van der Waals surface area contributed by atoms with Crippen molar-refractivity contribution in [2.75, 3.05) is 0 Å². The van der Waals surface area contributed by atoms with Gasteiger partial charge in [0.25, 0.3) is 0 Å². The summed E-state index contributed by atoms with van der Waals surface area (Å²) in [6, 6.07) is 15.1. The molecular weight excluding hydrogens is 458 g/mol. The highest BCUT2D eigenvalue weighted by atomic mass is 19.4. The predicted molar refractivity (Wildman–Crippen MR) is 113 cm³/mol. The van der Waals surface area contributed by atoms with Gasteiger partial charge in [-0.15, -0.1) is 0 Å². The molecular formula is C24H18F6N4. The predicted octanol–water partition coefficient (Wildman–Crippen LogP) is 6.69. The van der Waals surface area contributed by atoms with E-state index in [-0.39, 0.29) is 22.6 Å².